The van der Waals surface area contributed by atoms with Crippen molar-refractivity contribution in [2.24, 2.45) is 5.92 Å². The summed E-state index contributed by atoms with van der Waals surface area (Å²) in [5.41, 5.74) is 0. The van der Waals surface area contributed by atoms with Crippen LogP contribution in [0.5, 0.6) is 0 Å². The molecule has 0 unspecified atom stereocenters. The van der Waals surface area contributed by atoms with Crippen molar-refractivity contribution in [3.05, 3.63) is 0 Å². The van der Waals surface area contributed by atoms with E-state index in [1.807, 2.05) is 7.05 Å². The smallest absolute Gasteiger partial charge is 0.409 e. The number of morpholine rings is 1. The first kappa shape index (κ1) is 21.5. The maximum Gasteiger partial charge on any atom is 0.409 e. The van der Waals surface area contributed by atoms with Gasteiger partial charge in [0.05, 0.1) is 25.9 Å². The standard InChI is InChI=1S/C20H38N2O4/c1-17(2)16-26-20(23)21(3)18-6-8-19(9-7-18)25-13-5-4-10-22-11-14-24-15-12-22/h17-19H,4-16H2,1-3H3. The molecule has 152 valence electrons. The van der Waals surface area contributed by atoms with E-state index in [9.17, 15) is 4.79 Å². The van der Waals surface area contributed by atoms with Crippen LogP contribution in [0.4, 0.5) is 4.79 Å². The molecule has 1 saturated carbocycles. The van der Waals surface area contributed by atoms with Crippen LogP contribution in [-0.2, 0) is 14.2 Å². The van der Waals surface area contributed by atoms with E-state index in [-0.39, 0.29) is 12.1 Å². The Balaban J connectivity index is 1.51. The van der Waals surface area contributed by atoms with Gasteiger partial charge < -0.3 is 19.1 Å². The predicted octanol–water partition coefficient (Wildman–Crippen LogP) is 3.15. The van der Waals surface area contributed by atoms with Crippen LogP contribution >= 0.6 is 0 Å². The molecule has 0 radical (unpaired) electrons. The molecule has 0 N–H and O–H groups in total. The number of ether oxygens (including phenoxy) is 3. The number of carbonyl (C=O) groups is 1. The highest BCUT2D eigenvalue weighted by Gasteiger charge is 2.27. The first-order chi connectivity index (χ1) is 12.6. The molecule has 6 heteroatoms. The van der Waals surface area contributed by atoms with Gasteiger partial charge in [0.25, 0.3) is 0 Å². The quantitative estimate of drug-likeness (QED) is 0.584. The Morgan fingerprint density at radius 1 is 1.15 bits per heavy atom. The summed E-state index contributed by atoms with van der Waals surface area (Å²) < 4.78 is 16.8. The fourth-order valence-corrected chi connectivity index (χ4v) is 3.60. The predicted molar refractivity (Wildman–Crippen MR) is 102 cm³/mol. The van der Waals surface area contributed by atoms with Crippen LogP contribution in [0.2, 0.25) is 0 Å². The van der Waals surface area contributed by atoms with Crippen molar-refractivity contribution >= 4 is 6.09 Å². The second kappa shape index (κ2) is 11.8. The van der Waals surface area contributed by atoms with E-state index >= 15 is 0 Å². The Labute approximate surface area is 159 Å². The minimum absolute atomic E-state index is 0.189. The average molecular weight is 371 g/mol. The molecule has 0 atom stereocenters. The largest absolute Gasteiger partial charge is 0.449 e. The molecule has 2 rings (SSSR count). The van der Waals surface area contributed by atoms with Crippen molar-refractivity contribution < 1.29 is 19.0 Å². The van der Waals surface area contributed by atoms with Crippen molar-refractivity contribution in [2.45, 2.75) is 64.5 Å². The third kappa shape index (κ3) is 7.80. The number of unbranched alkanes of at least 4 members (excludes halogenated alkanes) is 1. The molecule has 2 fully saturated rings. The van der Waals surface area contributed by atoms with E-state index in [0.29, 0.717) is 18.6 Å². The van der Waals surface area contributed by atoms with Crippen LogP contribution in [0.3, 0.4) is 0 Å². The molecule has 0 aromatic heterocycles. The van der Waals surface area contributed by atoms with Crippen LogP contribution in [0.15, 0.2) is 0 Å². The number of hydrogen-bond donors (Lipinski definition) is 0. The van der Waals surface area contributed by atoms with Gasteiger partial charge in [-0.15, -0.1) is 0 Å². The van der Waals surface area contributed by atoms with Crippen molar-refractivity contribution in [1.29, 1.82) is 0 Å². The molecule has 0 spiro atoms. The fraction of sp³-hybridized carbons (Fsp3) is 0.950. The second-order valence-electron chi connectivity index (χ2n) is 8.04. The Kier molecular flexibility index (Phi) is 9.72. The van der Waals surface area contributed by atoms with Gasteiger partial charge >= 0.3 is 6.09 Å². The maximum absolute atomic E-state index is 12.1. The van der Waals surface area contributed by atoms with Gasteiger partial charge in [0, 0.05) is 32.8 Å². The van der Waals surface area contributed by atoms with Gasteiger partial charge in [-0.2, -0.15) is 0 Å². The fourth-order valence-electron chi connectivity index (χ4n) is 3.60. The maximum atomic E-state index is 12.1. The zero-order chi connectivity index (χ0) is 18.8. The van der Waals surface area contributed by atoms with Crippen LogP contribution in [-0.4, -0.2) is 81.1 Å². The van der Waals surface area contributed by atoms with E-state index in [2.05, 4.69) is 18.7 Å². The van der Waals surface area contributed by atoms with Gasteiger partial charge in [-0.05, 0) is 51.0 Å². The molecule has 1 saturated heterocycles. The number of nitrogens with zero attached hydrogens (tertiary/aromatic N) is 2. The summed E-state index contributed by atoms with van der Waals surface area (Å²) in [5, 5.41) is 0. The van der Waals surface area contributed by atoms with Crippen LogP contribution < -0.4 is 0 Å². The molecule has 1 aliphatic carbocycles. The minimum atomic E-state index is -0.189. The summed E-state index contributed by atoms with van der Waals surface area (Å²) in [7, 11) is 1.86. The van der Waals surface area contributed by atoms with Crippen molar-refractivity contribution in [3.8, 4) is 0 Å². The Morgan fingerprint density at radius 2 is 1.85 bits per heavy atom. The van der Waals surface area contributed by atoms with Crippen LogP contribution in [0.1, 0.15) is 52.4 Å². The molecule has 1 heterocycles. The Hall–Kier alpha value is -0.850. The number of rotatable bonds is 9. The van der Waals surface area contributed by atoms with E-state index in [1.54, 1.807) is 4.90 Å². The van der Waals surface area contributed by atoms with E-state index in [4.69, 9.17) is 14.2 Å². The van der Waals surface area contributed by atoms with Gasteiger partial charge in [0.1, 0.15) is 0 Å². The van der Waals surface area contributed by atoms with Gasteiger partial charge in [-0.1, -0.05) is 13.8 Å². The molecule has 6 nitrogen and oxygen atoms in total. The zero-order valence-electron chi connectivity index (χ0n) is 17.0. The van der Waals surface area contributed by atoms with Gasteiger partial charge in [0.15, 0.2) is 0 Å². The first-order valence-electron chi connectivity index (χ1n) is 10.4. The Bertz CT molecular complexity index is 391. The molecule has 0 aromatic carbocycles. The van der Waals surface area contributed by atoms with Gasteiger partial charge in [0.2, 0.25) is 0 Å². The third-order valence-electron chi connectivity index (χ3n) is 5.35. The Morgan fingerprint density at radius 3 is 2.50 bits per heavy atom. The molecular weight excluding hydrogens is 332 g/mol. The molecule has 1 aliphatic heterocycles. The normalized spacial score (nSPS) is 24.6. The van der Waals surface area contributed by atoms with E-state index in [0.717, 1.165) is 71.6 Å². The summed E-state index contributed by atoms with van der Waals surface area (Å²) in [6.45, 7) is 10.5. The summed E-state index contributed by atoms with van der Waals surface area (Å²) in [6.07, 6.45) is 6.57. The van der Waals surface area contributed by atoms with Crippen molar-refractivity contribution in [2.75, 3.05) is 53.1 Å². The van der Waals surface area contributed by atoms with Crippen molar-refractivity contribution in [3.63, 3.8) is 0 Å². The van der Waals surface area contributed by atoms with Crippen molar-refractivity contribution in [1.82, 2.24) is 9.80 Å². The SMILES string of the molecule is CC(C)COC(=O)N(C)C1CCC(OCCCCN2CCOCC2)CC1. The molecule has 0 aromatic rings. The number of amides is 1. The molecule has 26 heavy (non-hydrogen) atoms. The third-order valence-corrected chi connectivity index (χ3v) is 5.35. The molecule has 2 aliphatic rings. The van der Waals surface area contributed by atoms with Crippen LogP contribution in [0, 0.1) is 5.92 Å². The minimum Gasteiger partial charge on any atom is -0.449 e. The average Bonchev–Trinajstić information content (AvgIpc) is 2.66. The lowest BCUT2D eigenvalue weighted by Gasteiger charge is -2.34. The highest BCUT2D eigenvalue weighted by atomic mass is 16.6. The summed E-state index contributed by atoms with van der Waals surface area (Å²) >= 11 is 0. The number of carbonyl (C=O) groups excluding carboxylic acids is 1. The van der Waals surface area contributed by atoms with Gasteiger partial charge in [-0.3, -0.25) is 4.90 Å². The van der Waals surface area contributed by atoms with E-state index in [1.165, 1.54) is 6.42 Å². The van der Waals surface area contributed by atoms with Crippen LogP contribution in [0.25, 0.3) is 0 Å². The summed E-state index contributed by atoms with van der Waals surface area (Å²) in [5.74, 6) is 0.375. The summed E-state index contributed by atoms with van der Waals surface area (Å²) in [6, 6.07) is 0.288. The first-order valence-corrected chi connectivity index (χ1v) is 10.4. The lowest BCUT2D eigenvalue weighted by atomic mass is 9.92. The van der Waals surface area contributed by atoms with Gasteiger partial charge in [-0.25, -0.2) is 4.79 Å². The molecular formula is C20H38N2O4. The lowest BCUT2D eigenvalue weighted by Crippen LogP contribution is -2.41. The summed E-state index contributed by atoms with van der Waals surface area (Å²) in [4.78, 5) is 16.3. The highest BCUT2D eigenvalue weighted by Crippen LogP contribution is 2.25. The second-order valence-corrected chi connectivity index (χ2v) is 8.04. The monoisotopic (exact) mass is 370 g/mol. The van der Waals surface area contributed by atoms with E-state index < -0.39 is 0 Å². The zero-order valence-corrected chi connectivity index (χ0v) is 17.0. The lowest BCUT2D eigenvalue weighted by molar-refractivity contribution is 0.00424. The molecule has 1 amide bonds. The highest BCUT2D eigenvalue weighted by molar-refractivity contribution is 5.67. The topological polar surface area (TPSA) is 51.2 Å². The molecule has 0 bridgehead atoms. The number of hydrogen-bond acceptors (Lipinski definition) is 5.